The zero-order chi connectivity index (χ0) is 19.4. The molecule has 0 N–H and O–H groups in total. The molecule has 0 aromatic heterocycles. The highest BCUT2D eigenvalue weighted by Gasteiger charge is 2.35. The third kappa shape index (κ3) is 5.02. The van der Waals surface area contributed by atoms with Gasteiger partial charge in [-0.25, -0.2) is 8.42 Å². The maximum atomic E-state index is 13.2. The molecule has 1 saturated heterocycles. The number of hydrogen-bond donors (Lipinski definition) is 0. The first-order valence-electron chi connectivity index (χ1n) is 8.86. The summed E-state index contributed by atoms with van der Waals surface area (Å²) in [7, 11) is -3.12. The van der Waals surface area contributed by atoms with Gasteiger partial charge in [-0.15, -0.1) is 0 Å². The van der Waals surface area contributed by atoms with Crippen LogP contribution in [-0.2, 0) is 16.4 Å². The van der Waals surface area contributed by atoms with E-state index in [1.165, 1.54) is 0 Å². The Morgan fingerprint density at radius 1 is 1.22 bits per heavy atom. The van der Waals surface area contributed by atoms with Crippen LogP contribution in [0.2, 0.25) is 5.02 Å². The second-order valence-corrected chi connectivity index (χ2v) is 9.25. The minimum absolute atomic E-state index is 0.00947. The number of hydrogen-bond acceptors (Lipinski definition) is 4. The number of halogens is 1. The van der Waals surface area contributed by atoms with Gasteiger partial charge in [0.2, 0.25) is 0 Å². The van der Waals surface area contributed by atoms with Crippen molar-refractivity contribution in [1.82, 2.24) is 4.90 Å². The molecule has 1 heterocycles. The van der Waals surface area contributed by atoms with Crippen LogP contribution in [0.1, 0.15) is 29.3 Å². The summed E-state index contributed by atoms with van der Waals surface area (Å²) in [5.74, 6) is 0.504. The van der Waals surface area contributed by atoms with Crippen LogP contribution in [0.25, 0.3) is 0 Å². The van der Waals surface area contributed by atoms with E-state index < -0.39 is 9.84 Å². The minimum atomic E-state index is -3.12. The average molecular weight is 408 g/mol. The van der Waals surface area contributed by atoms with Crippen molar-refractivity contribution in [1.29, 1.82) is 0 Å². The fourth-order valence-corrected chi connectivity index (χ4v) is 5.21. The molecule has 0 saturated carbocycles. The predicted molar refractivity (Wildman–Crippen MR) is 106 cm³/mol. The van der Waals surface area contributed by atoms with E-state index in [0.29, 0.717) is 35.9 Å². The number of rotatable bonds is 6. The highest BCUT2D eigenvalue weighted by molar-refractivity contribution is 7.91. The van der Waals surface area contributed by atoms with Crippen molar-refractivity contribution in [3.63, 3.8) is 0 Å². The summed E-state index contributed by atoms with van der Waals surface area (Å²) in [6, 6.07) is 13.9. The summed E-state index contributed by atoms with van der Waals surface area (Å²) in [4.78, 5) is 14.9. The summed E-state index contributed by atoms with van der Waals surface area (Å²) >= 11 is 6.07. The molecule has 0 bridgehead atoms. The van der Waals surface area contributed by atoms with Gasteiger partial charge >= 0.3 is 0 Å². The standard InChI is InChI=1S/C20H22ClNO4S/c1-2-26-19-8-4-6-16(12-19)20(23)22(18-9-10-27(24,25)14-18)13-15-5-3-7-17(21)11-15/h3-8,11-12,18H,2,9-10,13-14H2,1H3/t18-/m0/s1. The second-order valence-electron chi connectivity index (χ2n) is 6.58. The Balaban J connectivity index is 1.91. The summed E-state index contributed by atoms with van der Waals surface area (Å²) in [5, 5.41) is 0.581. The van der Waals surface area contributed by atoms with Crippen molar-refractivity contribution < 1.29 is 17.9 Å². The zero-order valence-electron chi connectivity index (χ0n) is 15.1. The van der Waals surface area contributed by atoms with E-state index in [9.17, 15) is 13.2 Å². The van der Waals surface area contributed by atoms with Crippen LogP contribution >= 0.6 is 11.6 Å². The Hall–Kier alpha value is -2.05. The van der Waals surface area contributed by atoms with Crippen LogP contribution in [0.5, 0.6) is 5.75 Å². The van der Waals surface area contributed by atoms with Gasteiger partial charge in [0.05, 0.1) is 18.1 Å². The van der Waals surface area contributed by atoms with E-state index in [-0.39, 0.29) is 23.5 Å². The molecule has 0 spiro atoms. The molecule has 7 heteroatoms. The van der Waals surface area contributed by atoms with Gasteiger partial charge in [0.25, 0.3) is 5.91 Å². The van der Waals surface area contributed by atoms with E-state index in [1.54, 1.807) is 41.3 Å². The SMILES string of the molecule is CCOc1cccc(C(=O)N(Cc2cccc(Cl)c2)[C@H]2CCS(=O)(=O)C2)c1. The lowest BCUT2D eigenvalue weighted by Gasteiger charge is -2.29. The zero-order valence-corrected chi connectivity index (χ0v) is 16.7. The maximum absolute atomic E-state index is 13.2. The third-order valence-corrected chi connectivity index (χ3v) is 6.53. The monoisotopic (exact) mass is 407 g/mol. The average Bonchev–Trinajstić information content (AvgIpc) is 2.99. The van der Waals surface area contributed by atoms with Gasteiger partial charge in [-0.3, -0.25) is 4.79 Å². The van der Waals surface area contributed by atoms with E-state index in [1.807, 2.05) is 19.1 Å². The predicted octanol–water partition coefficient (Wildman–Crippen LogP) is 3.57. The molecule has 1 aliphatic rings. The number of carbonyl (C=O) groups is 1. The first kappa shape index (κ1) is 19.7. The Morgan fingerprint density at radius 3 is 2.67 bits per heavy atom. The molecule has 27 heavy (non-hydrogen) atoms. The van der Waals surface area contributed by atoms with Gasteiger partial charge in [-0.1, -0.05) is 29.8 Å². The molecule has 0 aliphatic carbocycles. The molecule has 1 amide bonds. The van der Waals surface area contributed by atoms with Crippen LogP contribution in [0.3, 0.4) is 0 Å². The van der Waals surface area contributed by atoms with E-state index in [2.05, 4.69) is 0 Å². The first-order valence-corrected chi connectivity index (χ1v) is 11.1. The molecule has 5 nitrogen and oxygen atoms in total. The van der Waals surface area contributed by atoms with Gasteiger partial charge < -0.3 is 9.64 Å². The van der Waals surface area contributed by atoms with Crippen LogP contribution in [0, 0.1) is 0 Å². The van der Waals surface area contributed by atoms with Crippen molar-refractivity contribution in [3.05, 3.63) is 64.7 Å². The van der Waals surface area contributed by atoms with Crippen LogP contribution < -0.4 is 4.74 Å². The number of amides is 1. The molecular formula is C20H22ClNO4S. The number of benzene rings is 2. The molecule has 1 aliphatic heterocycles. The smallest absolute Gasteiger partial charge is 0.254 e. The van der Waals surface area contributed by atoms with Crippen molar-refractivity contribution in [2.24, 2.45) is 0 Å². The lowest BCUT2D eigenvalue weighted by molar-refractivity contribution is 0.0680. The normalized spacial score (nSPS) is 18.2. The van der Waals surface area contributed by atoms with Gasteiger partial charge in [0.1, 0.15) is 5.75 Å². The maximum Gasteiger partial charge on any atom is 0.254 e. The van der Waals surface area contributed by atoms with Crippen LogP contribution in [0.4, 0.5) is 0 Å². The first-order chi connectivity index (χ1) is 12.9. The fourth-order valence-electron chi connectivity index (χ4n) is 3.27. The number of sulfone groups is 1. The quantitative estimate of drug-likeness (QED) is 0.734. The molecule has 0 unspecified atom stereocenters. The third-order valence-electron chi connectivity index (χ3n) is 4.54. The topological polar surface area (TPSA) is 63.7 Å². The molecule has 1 atom stereocenters. The molecule has 1 fully saturated rings. The molecule has 0 radical (unpaired) electrons. The highest BCUT2D eigenvalue weighted by Crippen LogP contribution is 2.24. The Kier molecular flexibility index (Phi) is 6.07. The van der Waals surface area contributed by atoms with E-state index in [0.717, 1.165) is 5.56 Å². The van der Waals surface area contributed by atoms with Gasteiger partial charge in [-0.2, -0.15) is 0 Å². The van der Waals surface area contributed by atoms with Crippen LogP contribution in [-0.4, -0.2) is 43.4 Å². The molecule has 2 aromatic carbocycles. The van der Waals surface area contributed by atoms with Crippen LogP contribution in [0.15, 0.2) is 48.5 Å². The molecule has 144 valence electrons. The number of nitrogens with zero attached hydrogens (tertiary/aromatic N) is 1. The summed E-state index contributed by atoms with van der Waals surface area (Å²) in [6.45, 7) is 2.69. The fraction of sp³-hybridized carbons (Fsp3) is 0.350. The summed E-state index contributed by atoms with van der Waals surface area (Å²) in [5.41, 5.74) is 1.34. The Labute approximate surface area is 164 Å². The second kappa shape index (κ2) is 8.31. The lowest BCUT2D eigenvalue weighted by Crippen LogP contribution is -2.40. The van der Waals surface area contributed by atoms with Gasteiger partial charge in [0, 0.05) is 23.2 Å². The number of carbonyl (C=O) groups excluding carboxylic acids is 1. The van der Waals surface area contributed by atoms with E-state index >= 15 is 0 Å². The summed E-state index contributed by atoms with van der Waals surface area (Å²) < 4.78 is 29.4. The molecular weight excluding hydrogens is 386 g/mol. The van der Waals surface area contributed by atoms with Crippen molar-refractivity contribution in [2.75, 3.05) is 18.1 Å². The van der Waals surface area contributed by atoms with Crippen molar-refractivity contribution in [3.8, 4) is 5.75 Å². The molecule has 3 rings (SSSR count). The Bertz CT molecular complexity index is 929. The van der Waals surface area contributed by atoms with Crippen molar-refractivity contribution >= 4 is 27.3 Å². The minimum Gasteiger partial charge on any atom is -0.494 e. The highest BCUT2D eigenvalue weighted by atomic mass is 35.5. The lowest BCUT2D eigenvalue weighted by atomic mass is 10.1. The Morgan fingerprint density at radius 2 is 2.00 bits per heavy atom. The van der Waals surface area contributed by atoms with Gasteiger partial charge in [0.15, 0.2) is 9.84 Å². The number of ether oxygens (including phenoxy) is 1. The van der Waals surface area contributed by atoms with E-state index in [4.69, 9.17) is 16.3 Å². The largest absolute Gasteiger partial charge is 0.494 e. The molecule has 2 aromatic rings. The van der Waals surface area contributed by atoms with Crippen molar-refractivity contribution in [2.45, 2.75) is 25.9 Å². The summed E-state index contributed by atoms with van der Waals surface area (Å²) in [6.07, 6.45) is 0.444. The van der Waals surface area contributed by atoms with Gasteiger partial charge in [-0.05, 0) is 49.2 Å².